The summed E-state index contributed by atoms with van der Waals surface area (Å²) in [5.74, 6) is 1.73. The number of aryl methyl sites for hydroxylation is 1. The van der Waals surface area contributed by atoms with Gasteiger partial charge in [0.2, 0.25) is 0 Å². The van der Waals surface area contributed by atoms with E-state index in [0.29, 0.717) is 0 Å². The minimum Gasteiger partial charge on any atom is -0.310 e. The van der Waals surface area contributed by atoms with Crippen molar-refractivity contribution in [3.8, 4) is 0 Å². The molecule has 1 unspecified atom stereocenters. The zero-order chi connectivity index (χ0) is 11.8. The van der Waals surface area contributed by atoms with Crippen LogP contribution in [-0.2, 0) is 23.9 Å². The molecule has 0 aliphatic rings. The maximum atomic E-state index is 10.8. The smallest absolute Gasteiger partial charge is 0.140 e. The fraction of sp³-hybridized carbons (Fsp3) is 0.800. The molecule has 1 heterocycles. The molecule has 0 bridgehead atoms. The Bertz CT molecular complexity index is 326. The van der Waals surface area contributed by atoms with Gasteiger partial charge in [-0.3, -0.25) is 4.21 Å². The van der Waals surface area contributed by atoms with Crippen molar-refractivity contribution < 1.29 is 4.21 Å². The average molecular weight is 244 g/mol. The first-order chi connectivity index (χ1) is 7.74. The number of nitrogens with zero attached hydrogens (tertiary/aromatic N) is 3. The van der Waals surface area contributed by atoms with Gasteiger partial charge < -0.3 is 5.32 Å². The van der Waals surface area contributed by atoms with Crippen LogP contribution in [0.15, 0.2) is 6.33 Å². The molecule has 6 heteroatoms. The van der Waals surface area contributed by atoms with Crippen LogP contribution in [-0.4, -0.2) is 37.5 Å². The molecule has 0 aliphatic heterocycles. The minimum absolute atomic E-state index is 0.686. The number of aromatic nitrogens is 3. The third kappa shape index (κ3) is 4.85. The Morgan fingerprint density at radius 3 is 3.06 bits per heavy atom. The quantitative estimate of drug-likeness (QED) is 0.678. The molecule has 0 saturated heterocycles. The van der Waals surface area contributed by atoms with E-state index in [9.17, 15) is 4.21 Å². The van der Waals surface area contributed by atoms with E-state index in [0.717, 1.165) is 44.1 Å². The molecule has 0 amide bonds. The molecule has 0 aromatic carbocycles. The standard InChI is InChI=1S/C10H20N4OS/c1-3-6-14-10(12-9-13-14)8-11-5-4-7-16(2)15/h9,11H,3-8H2,1-2H3. The lowest BCUT2D eigenvalue weighted by atomic mass is 10.4. The van der Waals surface area contributed by atoms with Crippen LogP contribution in [0.25, 0.3) is 0 Å². The van der Waals surface area contributed by atoms with Crippen molar-refractivity contribution in [3.05, 3.63) is 12.2 Å². The number of hydrogen-bond acceptors (Lipinski definition) is 4. The van der Waals surface area contributed by atoms with Gasteiger partial charge in [0.05, 0.1) is 6.54 Å². The Balaban J connectivity index is 2.21. The molecule has 1 rings (SSSR count). The summed E-state index contributed by atoms with van der Waals surface area (Å²) in [6.45, 7) is 4.64. The van der Waals surface area contributed by atoms with Gasteiger partial charge >= 0.3 is 0 Å². The Kier molecular flexibility index (Phi) is 6.25. The van der Waals surface area contributed by atoms with E-state index < -0.39 is 10.8 Å². The third-order valence-electron chi connectivity index (χ3n) is 2.20. The maximum absolute atomic E-state index is 10.8. The second kappa shape index (κ2) is 7.51. The topological polar surface area (TPSA) is 59.8 Å². The molecule has 1 N–H and O–H groups in total. The average Bonchev–Trinajstić information content (AvgIpc) is 2.65. The Hall–Kier alpha value is -0.750. The van der Waals surface area contributed by atoms with Gasteiger partial charge in [-0.05, 0) is 19.4 Å². The van der Waals surface area contributed by atoms with Crippen LogP contribution in [0.1, 0.15) is 25.6 Å². The molecule has 5 nitrogen and oxygen atoms in total. The van der Waals surface area contributed by atoms with Crippen LogP contribution in [0.3, 0.4) is 0 Å². The van der Waals surface area contributed by atoms with Crippen molar-refractivity contribution in [2.45, 2.75) is 32.9 Å². The first-order valence-corrected chi connectivity index (χ1v) is 7.34. The van der Waals surface area contributed by atoms with Gasteiger partial charge in [-0.25, -0.2) is 9.67 Å². The lowest BCUT2D eigenvalue weighted by Gasteiger charge is -2.05. The van der Waals surface area contributed by atoms with Crippen molar-refractivity contribution in [3.63, 3.8) is 0 Å². The van der Waals surface area contributed by atoms with Crippen molar-refractivity contribution in [1.29, 1.82) is 0 Å². The summed E-state index contributed by atoms with van der Waals surface area (Å²) in [5, 5.41) is 7.43. The number of hydrogen-bond donors (Lipinski definition) is 1. The first kappa shape index (κ1) is 13.3. The summed E-state index contributed by atoms with van der Waals surface area (Å²) in [7, 11) is -0.686. The fourth-order valence-electron chi connectivity index (χ4n) is 1.42. The van der Waals surface area contributed by atoms with Gasteiger partial charge in [-0.1, -0.05) is 6.92 Å². The molecule has 0 aliphatic carbocycles. The second-order valence-electron chi connectivity index (χ2n) is 3.71. The van der Waals surface area contributed by atoms with Gasteiger partial charge in [0.1, 0.15) is 12.2 Å². The molecule has 0 spiro atoms. The number of rotatable bonds is 8. The van der Waals surface area contributed by atoms with Crippen LogP contribution in [0.4, 0.5) is 0 Å². The predicted molar refractivity (Wildman–Crippen MR) is 65.6 cm³/mol. The second-order valence-corrected chi connectivity index (χ2v) is 5.26. The lowest BCUT2D eigenvalue weighted by molar-refractivity contribution is 0.542. The van der Waals surface area contributed by atoms with E-state index in [2.05, 4.69) is 22.3 Å². The van der Waals surface area contributed by atoms with Gasteiger partial charge in [-0.2, -0.15) is 5.10 Å². The first-order valence-electron chi connectivity index (χ1n) is 5.61. The Labute approximate surface area is 99.1 Å². The van der Waals surface area contributed by atoms with E-state index >= 15 is 0 Å². The summed E-state index contributed by atoms with van der Waals surface area (Å²) in [6, 6.07) is 0. The van der Waals surface area contributed by atoms with E-state index in [1.54, 1.807) is 12.6 Å². The summed E-state index contributed by atoms with van der Waals surface area (Å²) in [6.07, 6.45) is 5.32. The van der Waals surface area contributed by atoms with Crippen molar-refractivity contribution in [1.82, 2.24) is 20.1 Å². The van der Waals surface area contributed by atoms with Crippen molar-refractivity contribution in [2.24, 2.45) is 0 Å². The van der Waals surface area contributed by atoms with Gasteiger partial charge in [0, 0.05) is 29.4 Å². The van der Waals surface area contributed by atoms with Crippen molar-refractivity contribution in [2.75, 3.05) is 18.6 Å². The van der Waals surface area contributed by atoms with Crippen molar-refractivity contribution >= 4 is 10.8 Å². The van der Waals surface area contributed by atoms with Crippen LogP contribution >= 0.6 is 0 Å². The summed E-state index contributed by atoms with van der Waals surface area (Å²) >= 11 is 0. The summed E-state index contributed by atoms with van der Waals surface area (Å²) in [4.78, 5) is 4.20. The number of nitrogens with one attached hydrogen (secondary N) is 1. The lowest BCUT2D eigenvalue weighted by Crippen LogP contribution is -2.20. The Morgan fingerprint density at radius 1 is 1.56 bits per heavy atom. The molecule has 1 aromatic rings. The van der Waals surface area contributed by atoms with Crippen LogP contribution < -0.4 is 5.32 Å². The Morgan fingerprint density at radius 2 is 2.38 bits per heavy atom. The molecular formula is C10H20N4OS. The monoisotopic (exact) mass is 244 g/mol. The summed E-state index contributed by atoms with van der Waals surface area (Å²) < 4.78 is 12.8. The molecule has 16 heavy (non-hydrogen) atoms. The van der Waals surface area contributed by atoms with E-state index in [1.165, 1.54) is 0 Å². The van der Waals surface area contributed by atoms with E-state index in [-0.39, 0.29) is 0 Å². The molecule has 92 valence electrons. The van der Waals surface area contributed by atoms with Gasteiger partial charge in [0.25, 0.3) is 0 Å². The van der Waals surface area contributed by atoms with E-state index in [4.69, 9.17) is 0 Å². The van der Waals surface area contributed by atoms with E-state index in [1.807, 2.05) is 4.68 Å². The fourth-order valence-corrected chi connectivity index (χ4v) is 1.98. The van der Waals surface area contributed by atoms with Crippen LogP contribution in [0, 0.1) is 0 Å². The molecular weight excluding hydrogens is 224 g/mol. The molecule has 1 atom stereocenters. The maximum Gasteiger partial charge on any atom is 0.140 e. The highest BCUT2D eigenvalue weighted by Gasteiger charge is 2.02. The highest BCUT2D eigenvalue weighted by molar-refractivity contribution is 7.84. The SMILES string of the molecule is CCCn1ncnc1CNCCCS(C)=O. The zero-order valence-corrected chi connectivity index (χ0v) is 10.8. The predicted octanol–water partition coefficient (Wildman–Crippen LogP) is 0.546. The molecule has 0 radical (unpaired) electrons. The molecule has 0 fully saturated rings. The highest BCUT2D eigenvalue weighted by atomic mass is 32.2. The zero-order valence-electron chi connectivity index (χ0n) is 9.98. The third-order valence-corrected chi connectivity index (χ3v) is 3.06. The molecule has 0 saturated carbocycles. The highest BCUT2D eigenvalue weighted by Crippen LogP contribution is 1.95. The largest absolute Gasteiger partial charge is 0.310 e. The summed E-state index contributed by atoms with van der Waals surface area (Å²) in [5.41, 5.74) is 0. The minimum atomic E-state index is -0.686. The van der Waals surface area contributed by atoms with Gasteiger partial charge in [0.15, 0.2) is 0 Å². The molecule has 1 aromatic heterocycles. The normalized spacial score (nSPS) is 12.9. The van der Waals surface area contributed by atoms with Crippen LogP contribution in [0.5, 0.6) is 0 Å². The van der Waals surface area contributed by atoms with Crippen LogP contribution in [0.2, 0.25) is 0 Å². The van der Waals surface area contributed by atoms with Gasteiger partial charge in [-0.15, -0.1) is 0 Å².